The van der Waals surface area contributed by atoms with Crippen molar-refractivity contribution in [2.45, 2.75) is 13.5 Å². The molecule has 1 heterocycles. The van der Waals surface area contributed by atoms with E-state index in [1.54, 1.807) is 25.3 Å². The smallest absolute Gasteiger partial charge is 0.264 e. The zero-order valence-electron chi connectivity index (χ0n) is 14.2. The summed E-state index contributed by atoms with van der Waals surface area (Å²) in [6.45, 7) is 2.49. The van der Waals surface area contributed by atoms with Gasteiger partial charge < -0.3 is 9.47 Å². The van der Waals surface area contributed by atoms with E-state index in [9.17, 15) is 9.59 Å². The molecule has 1 aliphatic rings. The number of rotatable bonds is 5. The minimum absolute atomic E-state index is 0.207. The fourth-order valence-electron chi connectivity index (χ4n) is 2.75. The number of carbonyl (C=O) groups excluding carboxylic acids is 2. The highest BCUT2D eigenvalue weighted by atomic mass is 16.5. The molecule has 3 rings (SSSR count). The van der Waals surface area contributed by atoms with Crippen LogP contribution in [-0.4, -0.2) is 30.4 Å². The summed E-state index contributed by atoms with van der Waals surface area (Å²) in [7, 11) is 1.54. The molecule has 2 aromatic carbocycles. The first-order valence-corrected chi connectivity index (χ1v) is 8.06. The van der Waals surface area contributed by atoms with Crippen LogP contribution in [0.25, 0.3) is 5.57 Å². The molecule has 0 spiro atoms. The van der Waals surface area contributed by atoms with Crippen molar-refractivity contribution in [1.82, 2.24) is 4.90 Å². The number of benzene rings is 2. The van der Waals surface area contributed by atoms with Crippen LogP contribution in [0.3, 0.4) is 0 Å². The number of fused-ring (bicyclic) bond motifs is 1. The highest BCUT2D eigenvalue weighted by Gasteiger charge is 2.35. The topological polar surface area (TPSA) is 55.8 Å². The Kier molecular flexibility index (Phi) is 4.84. The van der Waals surface area contributed by atoms with E-state index in [-0.39, 0.29) is 18.4 Å². The van der Waals surface area contributed by atoms with Gasteiger partial charge in [-0.15, -0.1) is 0 Å². The average molecular weight is 337 g/mol. The zero-order chi connectivity index (χ0) is 17.8. The number of hydrogen-bond donors (Lipinski definition) is 0. The predicted molar refractivity (Wildman–Crippen MR) is 93.9 cm³/mol. The second-order valence-corrected chi connectivity index (χ2v) is 5.58. The molecule has 0 fully saturated rings. The fraction of sp³-hybridized carbons (Fsp3) is 0.200. The molecular weight excluding hydrogens is 318 g/mol. The van der Waals surface area contributed by atoms with E-state index in [2.05, 4.69) is 0 Å². The lowest BCUT2D eigenvalue weighted by molar-refractivity contribution is -0.123. The van der Waals surface area contributed by atoms with E-state index in [4.69, 9.17) is 9.47 Å². The Balaban J connectivity index is 2.06. The molecule has 0 saturated carbocycles. The summed E-state index contributed by atoms with van der Waals surface area (Å²) in [6.07, 6.45) is 1.43. The monoisotopic (exact) mass is 337 g/mol. The van der Waals surface area contributed by atoms with Crippen LogP contribution in [0.2, 0.25) is 0 Å². The van der Waals surface area contributed by atoms with Gasteiger partial charge in [0.1, 0.15) is 5.75 Å². The summed E-state index contributed by atoms with van der Waals surface area (Å²) < 4.78 is 10.6. The molecule has 25 heavy (non-hydrogen) atoms. The largest absolute Gasteiger partial charge is 0.501 e. The van der Waals surface area contributed by atoms with E-state index in [0.29, 0.717) is 29.1 Å². The fourth-order valence-corrected chi connectivity index (χ4v) is 2.75. The van der Waals surface area contributed by atoms with Gasteiger partial charge in [0.05, 0.1) is 37.7 Å². The number of imide groups is 1. The Hall–Kier alpha value is -3.08. The van der Waals surface area contributed by atoms with Crippen molar-refractivity contribution in [1.29, 1.82) is 0 Å². The zero-order valence-corrected chi connectivity index (χ0v) is 14.2. The van der Waals surface area contributed by atoms with Crippen molar-refractivity contribution in [3.8, 4) is 5.75 Å². The number of methoxy groups -OCH3 is 1. The minimum Gasteiger partial charge on any atom is -0.501 e. The number of nitrogens with zero attached hydrogens (tertiary/aromatic N) is 1. The third-order valence-corrected chi connectivity index (χ3v) is 4.02. The first-order chi connectivity index (χ1) is 12.2. The highest BCUT2D eigenvalue weighted by molar-refractivity contribution is 6.30. The van der Waals surface area contributed by atoms with Crippen molar-refractivity contribution in [2.24, 2.45) is 0 Å². The summed E-state index contributed by atoms with van der Waals surface area (Å²) in [5.41, 5.74) is 2.25. The van der Waals surface area contributed by atoms with Crippen LogP contribution in [0.15, 0.2) is 54.8 Å². The molecule has 0 atom stereocenters. The third kappa shape index (κ3) is 3.26. The average Bonchev–Trinajstić information content (AvgIpc) is 2.65. The molecule has 0 unspecified atom stereocenters. The molecule has 0 aliphatic carbocycles. The molecule has 2 amide bonds. The van der Waals surface area contributed by atoms with Crippen molar-refractivity contribution in [2.75, 3.05) is 13.7 Å². The third-order valence-electron chi connectivity index (χ3n) is 4.02. The lowest BCUT2D eigenvalue weighted by Crippen LogP contribution is -2.41. The van der Waals surface area contributed by atoms with Gasteiger partial charge in [0, 0.05) is 5.56 Å². The molecule has 0 saturated heterocycles. The molecule has 5 nitrogen and oxygen atoms in total. The lowest BCUT2D eigenvalue weighted by Gasteiger charge is -2.28. The van der Waals surface area contributed by atoms with Gasteiger partial charge in [-0.1, -0.05) is 30.3 Å². The number of hydrogen-bond acceptors (Lipinski definition) is 4. The molecule has 0 bridgehead atoms. The van der Waals surface area contributed by atoms with E-state index >= 15 is 0 Å². The van der Waals surface area contributed by atoms with E-state index in [1.165, 1.54) is 11.2 Å². The van der Waals surface area contributed by atoms with E-state index < -0.39 is 0 Å². The Morgan fingerprint density at radius 1 is 1.00 bits per heavy atom. The summed E-state index contributed by atoms with van der Waals surface area (Å²) >= 11 is 0. The second-order valence-electron chi connectivity index (χ2n) is 5.58. The molecule has 128 valence electrons. The van der Waals surface area contributed by atoms with Gasteiger partial charge in [-0.05, 0) is 30.7 Å². The van der Waals surface area contributed by atoms with Gasteiger partial charge in [0.2, 0.25) is 0 Å². The van der Waals surface area contributed by atoms with Crippen LogP contribution in [0, 0.1) is 0 Å². The lowest BCUT2D eigenvalue weighted by atomic mass is 9.93. The molecule has 2 aromatic rings. The standard InChI is InChI=1S/C20H19NO4/c1-3-25-13-18-16-10-9-15(24-2)11-17(16)19(22)21(20(18)23)12-14-7-5-4-6-8-14/h4-11,13H,3,12H2,1-2H3. The second kappa shape index (κ2) is 7.21. The maximum Gasteiger partial charge on any atom is 0.264 e. The Bertz CT molecular complexity index is 827. The number of ether oxygens (including phenoxy) is 2. The first kappa shape index (κ1) is 16.8. The molecule has 0 N–H and O–H groups in total. The van der Waals surface area contributed by atoms with Gasteiger partial charge in [-0.3, -0.25) is 14.5 Å². The number of amides is 2. The normalized spacial score (nSPS) is 15.3. The maximum atomic E-state index is 12.9. The van der Waals surface area contributed by atoms with Crippen LogP contribution in [0.4, 0.5) is 0 Å². The minimum atomic E-state index is -0.361. The van der Waals surface area contributed by atoms with Crippen LogP contribution in [0.1, 0.15) is 28.4 Å². The molecular formula is C20H19NO4. The Labute approximate surface area is 146 Å². The first-order valence-electron chi connectivity index (χ1n) is 8.06. The summed E-state index contributed by atoms with van der Waals surface area (Å²) in [5.74, 6) is -0.131. The van der Waals surface area contributed by atoms with Gasteiger partial charge in [-0.25, -0.2) is 0 Å². The van der Waals surface area contributed by atoms with Crippen molar-refractivity contribution in [3.63, 3.8) is 0 Å². The van der Waals surface area contributed by atoms with E-state index in [0.717, 1.165) is 5.56 Å². The molecule has 0 radical (unpaired) electrons. The van der Waals surface area contributed by atoms with Gasteiger partial charge in [-0.2, -0.15) is 0 Å². The maximum absolute atomic E-state index is 12.9. The quantitative estimate of drug-likeness (QED) is 0.477. The Morgan fingerprint density at radius 2 is 1.76 bits per heavy atom. The highest BCUT2D eigenvalue weighted by Crippen LogP contribution is 2.32. The van der Waals surface area contributed by atoms with Crippen molar-refractivity contribution < 1.29 is 19.1 Å². The number of carbonyl (C=O) groups is 2. The van der Waals surface area contributed by atoms with Crippen LogP contribution >= 0.6 is 0 Å². The van der Waals surface area contributed by atoms with Crippen molar-refractivity contribution in [3.05, 3.63) is 71.5 Å². The van der Waals surface area contributed by atoms with Crippen LogP contribution in [0.5, 0.6) is 5.75 Å². The van der Waals surface area contributed by atoms with Crippen molar-refractivity contribution >= 4 is 17.4 Å². The van der Waals surface area contributed by atoms with E-state index in [1.807, 2.05) is 37.3 Å². The SMILES string of the molecule is CCOC=C1C(=O)N(Cc2ccccc2)C(=O)c2cc(OC)ccc21. The summed E-state index contributed by atoms with van der Waals surface area (Å²) in [6, 6.07) is 14.5. The Morgan fingerprint density at radius 3 is 2.44 bits per heavy atom. The van der Waals surface area contributed by atoms with Gasteiger partial charge in [0.15, 0.2) is 0 Å². The van der Waals surface area contributed by atoms with Crippen LogP contribution in [-0.2, 0) is 16.1 Å². The molecule has 0 aromatic heterocycles. The van der Waals surface area contributed by atoms with Gasteiger partial charge in [0.25, 0.3) is 11.8 Å². The molecule has 5 heteroatoms. The summed E-state index contributed by atoms with van der Waals surface area (Å²) in [4.78, 5) is 27.0. The van der Waals surface area contributed by atoms with Crippen LogP contribution < -0.4 is 4.74 Å². The molecule has 1 aliphatic heterocycles. The predicted octanol–water partition coefficient (Wildman–Crippen LogP) is 3.26. The van der Waals surface area contributed by atoms with Gasteiger partial charge >= 0.3 is 0 Å². The summed E-state index contributed by atoms with van der Waals surface area (Å²) in [5, 5.41) is 0.